The van der Waals surface area contributed by atoms with E-state index in [-0.39, 0.29) is 0 Å². The highest BCUT2D eigenvalue weighted by Gasteiger charge is 2.52. The van der Waals surface area contributed by atoms with Crippen molar-refractivity contribution in [1.29, 1.82) is 0 Å². The van der Waals surface area contributed by atoms with E-state index >= 15 is 0 Å². The Morgan fingerprint density at radius 3 is 2.58 bits per heavy atom. The van der Waals surface area contributed by atoms with Crippen molar-refractivity contribution in [3.05, 3.63) is 57.0 Å². The molecule has 0 spiro atoms. The number of hydrogen-bond donors (Lipinski definition) is 1. The zero-order valence-corrected chi connectivity index (χ0v) is 19.2. The van der Waals surface area contributed by atoms with Gasteiger partial charge in [0.05, 0.1) is 11.7 Å². The molecule has 2 aromatic heterocycles. The third kappa shape index (κ3) is 3.49. The standard InChI is InChI=1S/C24H32N6O3/c1-2-3-4-5-6-12-17-27-21-20(25-26-27)24(33)16-11-10-15-19(24)29-22(31)28(23(32)30(21)29)18-13-8-7-9-14-18/h7-9,13-14,19,33H,2-6,10-12,15-17H2,1H3. The van der Waals surface area contributed by atoms with Gasteiger partial charge >= 0.3 is 11.4 Å². The fraction of sp³-hybridized carbons (Fsp3) is 0.583. The Kier molecular flexibility index (Phi) is 5.82. The molecule has 0 radical (unpaired) electrons. The van der Waals surface area contributed by atoms with Crippen LogP contribution in [0.15, 0.2) is 39.9 Å². The van der Waals surface area contributed by atoms with Crippen molar-refractivity contribution in [3.63, 3.8) is 0 Å². The smallest absolute Gasteiger partial charge is 0.358 e. The van der Waals surface area contributed by atoms with Crippen molar-refractivity contribution >= 4 is 0 Å². The van der Waals surface area contributed by atoms with Gasteiger partial charge in [-0.25, -0.2) is 23.5 Å². The van der Waals surface area contributed by atoms with E-state index < -0.39 is 23.0 Å². The Balaban J connectivity index is 1.61. The van der Waals surface area contributed by atoms with Gasteiger partial charge in [0.15, 0.2) is 5.82 Å². The number of fused-ring (bicyclic) bond motifs is 6. The molecule has 9 heteroatoms. The molecule has 2 unspecified atom stereocenters. The number of aliphatic hydroxyl groups is 1. The molecule has 2 aliphatic rings. The summed E-state index contributed by atoms with van der Waals surface area (Å²) in [5, 5.41) is 20.5. The highest BCUT2D eigenvalue weighted by Crippen LogP contribution is 2.47. The van der Waals surface area contributed by atoms with E-state index in [0.29, 0.717) is 36.6 Å². The number of aromatic nitrogens is 6. The van der Waals surface area contributed by atoms with Gasteiger partial charge in [-0.05, 0) is 31.4 Å². The monoisotopic (exact) mass is 452 g/mol. The maximum atomic E-state index is 13.6. The molecule has 3 aromatic rings. The Bertz CT molecular complexity index is 1240. The molecule has 1 aliphatic heterocycles. The van der Waals surface area contributed by atoms with Crippen LogP contribution in [0.4, 0.5) is 0 Å². The SMILES string of the molecule is CCCCCCCCn1nnc2c1-n1c(=O)n(-c3ccccc3)c(=O)n1C1CCCCC21O. The average Bonchev–Trinajstić information content (AvgIpc) is 3.36. The summed E-state index contributed by atoms with van der Waals surface area (Å²) in [4.78, 5) is 27.2. The zero-order valence-electron chi connectivity index (χ0n) is 19.2. The first-order chi connectivity index (χ1) is 16.1. The summed E-state index contributed by atoms with van der Waals surface area (Å²) >= 11 is 0. The number of hydrogen-bond acceptors (Lipinski definition) is 5. The van der Waals surface area contributed by atoms with Gasteiger partial charge in [0.25, 0.3) is 0 Å². The van der Waals surface area contributed by atoms with Crippen LogP contribution in [0, 0.1) is 0 Å². The van der Waals surface area contributed by atoms with Crippen molar-refractivity contribution < 1.29 is 5.11 Å². The Labute approximate surface area is 192 Å². The van der Waals surface area contributed by atoms with Gasteiger partial charge in [-0.1, -0.05) is 75.3 Å². The molecular weight excluding hydrogens is 420 g/mol. The summed E-state index contributed by atoms with van der Waals surface area (Å²) in [6, 6.07) is 8.40. The van der Waals surface area contributed by atoms with Gasteiger partial charge in [0, 0.05) is 6.54 Å². The molecule has 33 heavy (non-hydrogen) atoms. The maximum Gasteiger partial charge on any atom is 0.358 e. The van der Waals surface area contributed by atoms with Crippen molar-refractivity contribution in [2.75, 3.05) is 0 Å². The molecule has 9 nitrogen and oxygen atoms in total. The number of para-hydroxylation sites is 1. The van der Waals surface area contributed by atoms with Crippen LogP contribution in [0.2, 0.25) is 0 Å². The third-order valence-electron chi connectivity index (χ3n) is 7.16. The summed E-state index contributed by atoms with van der Waals surface area (Å²) in [5.41, 5.74) is -1.25. The maximum absolute atomic E-state index is 13.6. The van der Waals surface area contributed by atoms with E-state index in [0.717, 1.165) is 32.1 Å². The van der Waals surface area contributed by atoms with Crippen LogP contribution in [-0.4, -0.2) is 34.0 Å². The van der Waals surface area contributed by atoms with Gasteiger partial charge in [-0.3, -0.25) is 0 Å². The minimum absolute atomic E-state index is 0.422. The second kappa shape index (κ2) is 8.78. The largest absolute Gasteiger partial charge is 0.381 e. The number of rotatable bonds is 8. The molecular formula is C24H32N6O3. The fourth-order valence-electron chi connectivity index (χ4n) is 5.45. The quantitative estimate of drug-likeness (QED) is 0.530. The normalized spacial score (nSPS) is 21.5. The molecule has 1 N–H and O–H groups in total. The molecule has 1 aromatic carbocycles. The van der Waals surface area contributed by atoms with E-state index in [2.05, 4.69) is 17.2 Å². The first kappa shape index (κ1) is 21.9. The molecule has 1 saturated carbocycles. The van der Waals surface area contributed by atoms with Crippen LogP contribution in [0.1, 0.15) is 82.9 Å². The van der Waals surface area contributed by atoms with Crippen LogP contribution in [0.5, 0.6) is 0 Å². The third-order valence-corrected chi connectivity index (χ3v) is 7.16. The number of aryl methyl sites for hydroxylation is 1. The lowest BCUT2D eigenvalue weighted by atomic mass is 9.77. The molecule has 0 amide bonds. The molecule has 1 fully saturated rings. The van der Waals surface area contributed by atoms with Crippen molar-refractivity contribution in [2.45, 2.75) is 89.3 Å². The molecule has 176 valence electrons. The second-order valence-electron chi connectivity index (χ2n) is 9.33. The average molecular weight is 453 g/mol. The molecule has 2 atom stereocenters. The minimum Gasteiger partial charge on any atom is -0.381 e. The van der Waals surface area contributed by atoms with Crippen LogP contribution < -0.4 is 11.4 Å². The lowest BCUT2D eigenvalue weighted by Gasteiger charge is -2.42. The summed E-state index contributed by atoms with van der Waals surface area (Å²) in [5.74, 6) is 0.431. The van der Waals surface area contributed by atoms with Crippen LogP contribution >= 0.6 is 0 Å². The molecule has 0 saturated heterocycles. The van der Waals surface area contributed by atoms with Gasteiger partial charge in [-0.15, -0.1) is 5.10 Å². The molecule has 3 heterocycles. The van der Waals surface area contributed by atoms with Gasteiger partial charge < -0.3 is 5.11 Å². The first-order valence-electron chi connectivity index (χ1n) is 12.3. The predicted molar refractivity (Wildman–Crippen MR) is 124 cm³/mol. The van der Waals surface area contributed by atoms with E-state index in [1.807, 2.05) is 6.07 Å². The summed E-state index contributed by atoms with van der Waals surface area (Å²) < 4.78 is 5.75. The van der Waals surface area contributed by atoms with Crippen LogP contribution in [0.25, 0.3) is 11.5 Å². The zero-order chi connectivity index (χ0) is 23.0. The molecule has 5 rings (SSSR count). The summed E-state index contributed by atoms with van der Waals surface area (Å²) in [6.07, 6.45) is 9.61. The number of benzene rings is 1. The highest BCUT2D eigenvalue weighted by molar-refractivity contribution is 5.38. The van der Waals surface area contributed by atoms with Crippen molar-refractivity contribution in [1.82, 2.24) is 28.9 Å². The number of nitrogens with zero attached hydrogens (tertiary/aromatic N) is 6. The van der Waals surface area contributed by atoms with E-state index in [1.54, 1.807) is 28.9 Å². The van der Waals surface area contributed by atoms with E-state index in [1.165, 1.54) is 33.2 Å². The van der Waals surface area contributed by atoms with Crippen LogP contribution in [-0.2, 0) is 12.1 Å². The fourth-order valence-corrected chi connectivity index (χ4v) is 5.45. The minimum atomic E-state index is -1.30. The number of unbranched alkanes of at least 4 members (excludes halogenated alkanes) is 5. The van der Waals surface area contributed by atoms with Crippen molar-refractivity contribution in [3.8, 4) is 11.5 Å². The summed E-state index contributed by atoms with van der Waals surface area (Å²) in [6.45, 7) is 2.79. The molecule has 0 bridgehead atoms. The second-order valence-corrected chi connectivity index (χ2v) is 9.33. The van der Waals surface area contributed by atoms with E-state index in [4.69, 9.17) is 0 Å². The van der Waals surface area contributed by atoms with Gasteiger partial charge in [0.2, 0.25) is 0 Å². The Morgan fingerprint density at radius 1 is 1.03 bits per heavy atom. The highest BCUT2D eigenvalue weighted by atomic mass is 16.3. The van der Waals surface area contributed by atoms with Crippen LogP contribution in [0.3, 0.4) is 0 Å². The van der Waals surface area contributed by atoms with Crippen molar-refractivity contribution in [2.24, 2.45) is 0 Å². The first-order valence-corrected chi connectivity index (χ1v) is 12.3. The predicted octanol–water partition coefficient (Wildman–Crippen LogP) is 3.06. The topological polar surface area (TPSA) is 99.9 Å². The van der Waals surface area contributed by atoms with E-state index in [9.17, 15) is 14.7 Å². The van der Waals surface area contributed by atoms with Gasteiger partial charge in [-0.2, -0.15) is 4.68 Å². The Morgan fingerprint density at radius 2 is 1.79 bits per heavy atom. The summed E-state index contributed by atoms with van der Waals surface area (Å²) in [7, 11) is 0. The lowest BCUT2D eigenvalue weighted by Crippen LogP contribution is -2.50. The Hall–Kier alpha value is -2.94. The lowest BCUT2D eigenvalue weighted by molar-refractivity contribution is -0.0660. The molecule has 1 aliphatic carbocycles. The van der Waals surface area contributed by atoms with Gasteiger partial charge in [0.1, 0.15) is 11.3 Å².